The first kappa shape index (κ1) is 20.4. The first-order chi connectivity index (χ1) is 14.6. The van der Waals surface area contributed by atoms with Gasteiger partial charge >= 0.3 is 0 Å². The van der Waals surface area contributed by atoms with Crippen LogP contribution in [0.5, 0.6) is 5.75 Å². The molecule has 0 radical (unpaired) electrons. The van der Waals surface area contributed by atoms with Crippen molar-refractivity contribution in [3.8, 4) is 5.75 Å². The van der Waals surface area contributed by atoms with Crippen molar-refractivity contribution in [2.75, 3.05) is 11.4 Å². The van der Waals surface area contributed by atoms with Gasteiger partial charge in [-0.15, -0.1) is 0 Å². The molecule has 0 saturated carbocycles. The van der Waals surface area contributed by atoms with Crippen molar-refractivity contribution < 1.29 is 13.9 Å². The van der Waals surface area contributed by atoms with Crippen LogP contribution in [0.3, 0.4) is 0 Å². The number of hydrogen-bond donors (Lipinski definition) is 0. The maximum absolute atomic E-state index is 13.5. The Morgan fingerprint density at radius 3 is 2.70 bits per heavy atom. The summed E-state index contributed by atoms with van der Waals surface area (Å²) in [6, 6.07) is 19.8. The summed E-state index contributed by atoms with van der Waals surface area (Å²) in [4.78, 5) is 15.0. The molecule has 0 N–H and O–H groups in total. The van der Waals surface area contributed by atoms with Gasteiger partial charge in [-0.2, -0.15) is 0 Å². The Kier molecular flexibility index (Phi) is 6.00. The maximum atomic E-state index is 13.5. The number of hydrogen-bond acceptors (Lipinski definition) is 2. The highest BCUT2D eigenvalue weighted by molar-refractivity contribution is 9.10. The molecule has 1 heterocycles. The lowest BCUT2D eigenvalue weighted by Gasteiger charge is -2.15. The molecule has 3 aromatic rings. The lowest BCUT2D eigenvalue weighted by atomic mass is 10.0. The van der Waals surface area contributed by atoms with Crippen molar-refractivity contribution >= 4 is 39.2 Å². The lowest BCUT2D eigenvalue weighted by molar-refractivity contribution is -0.113. The number of nitrogens with zero attached hydrogens (tertiary/aromatic N) is 1. The summed E-state index contributed by atoms with van der Waals surface area (Å²) in [7, 11) is 0. The fourth-order valence-corrected chi connectivity index (χ4v) is 3.98. The van der Waals surface area contributed by atoms with Gasteiger partial charge in [-0.1, -0.05) is 53.2 Å². The van der Waals surface area contributed by atoms with Gasteiger partial charge < -0.3 is 9.64 Å². The Morgan fingerprint density at radius 1 is 1.07 bits per heavy atom. The summed E-state index contributed by atoms with van der Waals surface area (Å²) in [6.07, 6.45) is 2.76. The molecule has 1 amide bonds. The molecule has 0 saturated heterocycles. The van der Waals surface area contributed by atoms with Gasteiger partial charge in [-0.25, -0.2) is 4.39 Å². The molecule has 0 fully saturated rings. The van der Waals surface area contributed by atoms with Crippen molar-refractivity contribution in [1.82, 2.24) is 0 Å². The average molecular weight is 466 g/mol. The van der Waals surface area contributed by atoms with Gasteiger partial charge in [0, 0.05) is 27.7 Å². The summed E-state index contributed by atoms with van der Waals surface area (Å²) in [6.45, 7) is 2.97. The van der Waals surface area contributed by atoms with Crippen LogP contribution >= 0.6 is 15.9 Å². The number of para-hydroxylation sites is 1. The molecule has 3 nitrogen and oxygen atoms in total. The van der Waals surface area contributed by atoms with Crippen LogP contribution in [-0.4, -0.2) is 12.5 Å². The molecule has 0 atom stereocenters. The van der Waals surface area contributed by atoms with E-state index in [-0.39, 0.29) is 18.3 Å². The van der Waals surface area contributed by atoms with Crippen LogP contribution in [0.1, 0.15) is 30.0 Å². The topological polar surface area (TPSA) is 29.5 Å². The van der Waals surface area contributed by atoms with E-state index in [1.807, 2.05) is 59.5 Å². The Morgan fingerprint density at radius 2 is 1.90 bits per heavy atom. The Bertz CT molecular complexity index is 1130. The molecule has 5 heteroatoms. The van der Waals surface area contributed by atoms with E-state index in [0.717, 1.165) is 33.3 Å². The fraction of sp³-hybridized carbons (Fsp3) is 0.160. The third-order valence-corrected chi connectivity index (χ3v) is 5.46. The van der Waals surface area contributed by atoms with Crippen LogP contribution in [0.25, 0.3) is 11.6 Å². The normalized spacial score (nSPS) is 14.3. The van der Waals surface area contributed by atoms with Crippen molar-refractivity contribution in [2.24, 2.45) is 0 Å². The first-order valence-corrected chi connectivity index (χ1v) is 10.7. The lowest BCUT2D eigenvalue weighted by Crippen LogP contribution is -2.26. The molecule has 0 spiro atoms. The molecule has 152 valence electrons. The predicted octanol–water partition coefficient (Wildman–Crippen LogP) is 6.46. The minimum absolute atomic E-state index is 0.00546. The Labute approximate surface area is 183 Å². The largest absolute Gasteiger partial charge is 0.488 e. The highest BCUT2D eigenvalue weighted by atomic mass is 79.9. The second-order valence-corrected chi connectivity index (χ2v) is 8.05. The van der Waals surface area contributed by atoms with Crippen LogP contribution < -0.4 is 9.64 Å². The highest BCUT2D eigenvalue weighted by Crippen LogP contribution is 2.39. The molecule has 0 bridgehead atoms. The van der Waals surface area contributed by atoms with E-state index in [1.165, 1.54) is 12.1 Å². The van der Waals surface area contributed by atoms with Gasteiger partial charge in [-0.3, -0.25) is 4.79 Å². The minimum Gasteiger partial charge on any atom is -0.488 e. The summed E-state index contributed by atoms with van der Waals surface area (Å²) in [5, 5.41) is 0. The summed E-state index contributed by atoms with van der Waals surface area (Å²) in [5.74, 6) is 0.335. The van der Waals surface area contributed by atoms with Gasteiger partial charge in [0.15, 0.2) is 0 Å². The average Bonchev–Trinajstić information content (AvgIpc) is 3.00. The molecule has 0 unspecified atom stereocenters. The Balaban J connectivity index is 1.69. The third kappa shape index (κ3) is 4.17. The smallest absolute Gasteiger partial charge is 0.258 e. The number of fused-ring (bicyclic) bond motifs is 1. The van der Waals surface area contributed by atoms with Gasteiger partial charge in [0.1, 0.15) is 18.2 Å². The van der Waals surface area contributed by atoms with Gasteiger partial charge in [0.25, 0.3) is 5.91 Å². The summed E-state index contributed by atoms with van der Waals surface area (Å²) in [5.41, 5.74) is 4.04. The van der Waals surface area contributed by atoms with Crippen LogP contribution in [-0.2, 0) is 11.4 Å². The molecule has 0 aliphatic carbocycles. The van der Waals surface area contributed by atoms with Crippen molar-refractivity contribution in [3.05, 3.63) is 93.7 Å². The SMILES string of the molecule is CCCN1C(=O)/C(=C\c2cc(Br)ccc2OCc2cccc(F)c2)c2ccccc21. The number of rotatable bonds is 6. The molecule has 1 aliphatic heterocycles. The molecular formula is C25H21BrFNO2. The first-order valence-electron chi connectivity index (χ1n) is 9.86. The number of anilines is 1. The van der Waals surface area contributed by atoms with E-state index in [0.29, 0.717) is 17.9 Å². The van der Waals surface area contributed by atoms with Gasteiger partial charge in [0.05, 0.1) is 5.69 Å². The van der Waals surface area contributed by atoms with E-state index in [4.69, 9.17) is 4.74 Å². The maximum Gasteiger partial charge on any atom is 0.258 e. The predicted molar refractivity (Wildman–Crippen MR) is 122 cm³/mol. The molecule has 30 heavy (non-hydrogen) atoms. The van der Waals surface area contributed by atoms with E-state index in [9.17, 15) is 9.18 Å². The van der Waals surface area contributed by atoms with Crippen LogP contribution in [0, 0.1) is 5.82 Å². The number of ether oxygens (including phenoxy) is 1. The molecular weight excluding hydrogens is 445 g/mol. The van der Waals surface area contributed by atoms with E-state index >= 15 is 0 Å². The number of halogens is 2. The highest BCUT2D eigenvalue weighted by Gasteiger charge is 2.31. The quantitative estimate of drug-likeness (QED) is 0.390. The number of carbonyl (C=O) groups excluding carboxylic acids is 1. The van der Waals surface area contributed by atoms with E-state index in [2.05, 4.69) is 22.9 Å². The van der Waals surface area contributed by atoms with E-state index in [1.54, 1.807) is 6.07 Å². The van der Waals surface area contributed by atoms with Crippen molar-refractivity contribution in [1.29, 1.82) is 0 Å². The second kappa shape index (κ2) is 8.84. The fourth-order valence-electron chi connectivity index (χ4n) is 3.60. The van der Waals surface area contributed by atoms with Gasteiger partial charge in [0.2, 0.25) is 0 Å². The summed E-state index contributed by atoms with van der Waals surface area (Å²) >= 11 is 3.51. The third-order valence-electron chi connectivity index (χ3n) is 4.96. The Hall–Kier alpha value is -2.92. The zero-order valence-electron chi connectivity index (χ0n) is 16.6. The molecule has 0 aromatic heterocycles. The second-order valence-electron chi connectivity index (χ2n) is 7.13. The van der Waals surface area contributed by atoms with E-state index < -0.39 is 0 Å². The van der Waals surface area contributed by atoms with Crippen molar-refractivity contribution in [3.63, 3.8) is 0 Å². The monoisotopic (exact) mass is 465 g/mol. The number of carbonyl (C=O) groups is 1. The van der Waals surface area contributed by atoms with Crippen LogP contribution in [0.2, 0.25) is 0 Å². The molecule has 4 rings (SSSR count). The standard InChI is InChI=1S/C25H21BrFNO2/c1-2-12-28-23-9-4-3-8-21(23)22(25(28)29)15-18-14-19(26)10-11-24(18)30-16-17-6-5-7-20(27)13-17/h3-11,13-15H,2,12,16H2,1H3/b22-15-. The zero-order chi connectivity index (χ0) is 21.1. The van der Waals surface area contributed by atoms with Gasteiger partial charge in [-0.05, 0) is 54.5 Å². The number of amides is 1. The molecule has 3 aromatic carbocycles. The molecule has 1 aliphatic rings. The summed E-state index contributed by atoms with van der Waals surface area (Å²) < 4.78 is 20.3. The van der Waals surface area contributed by atoms with Crippen LogP contribution in [0.4, 0.5) is 10.1 Å². The number of benzene rings is 3. The zero-order valence-corrected chi connectivity index (χ0v) is 18.2. The van der Waals surface area contributed by atoms with Crippen LogP contribution in [0.15, 0.2) is 71.2 Å². The van der Waals surface area contributed by atoms with Crippen molar-refractivity contribution in [2.45, 2.75) is 20.0 Å². The minimum atomic E-state index is -0.293.